The average Bonchev–Trinajstić information content (AvgIpc) is 3.16. The highest BCUT2D eigenvalue weighted by Gasteiger charge is 2.35. The normalized spacial score (nSPS) is 17.6. The molecule has 1 amide bonds. The number of amides is 1. The second-order valence-corrected chi connectivity index (χ2v) is 6.23. The lowest BCUT2D eigenvalue weighted by atomic mass is 10.2. The van der Waals surface area contributed by atoms with Crippen molar-refractivity contribution in [3.63, 3.8) is 0 Å². The molecule has 2 aromatic rings. The van der Waals surface area contributed by atoms with Crippen LogP contribution in [0.5, 0.6) is 0 Å². The van der Waals surface area contributed by atoms with Crippen LogP contribution in [0.3, 0.4) is 0 Å². The molecule has 0 spiro atoms. The molecule has 22 heavy (non-hydrogen) atoms. The number of carbonyl (C=O) groups is 2. The molecular weight excluding hydrogens is 300 g/mol. The van der Waals surface area contributed by atoms with E-state index in [4.69, 9.17) is 5.11 Å². The van der Waals surface area contributed by atoms with Crippen molar-refractivity contribution in [1.82, 2.24) is 9.88 Å². The molecule has 3 rings (SSSR count). The van der Waals surface area contributed by atoms with Crippen molar-refractivity contribution in [1.29, 1.82) is 0 Å². The topological polar surface area (TPSA) is 70.5 Å². The lowest BCUT2D eigenvalue weighted by Crippen LogP contribution is -2.40. The van der Waals surface area contributed by atoms with Gasteiger partial charge in [0.25, 0.3) is 5.91 Å². The molecule has 1 saturated heterocycles. The van der Waals surface area contributed by atoms with Crippen LogP contribution in [-0.4, -0.2) is 39.5 Å². The van der Waals surface area contributed by atoms with E-state index in [0.717, 1.165) is 17.0 Å². The van der Waals surface area contributed by atoms with Crippen LogP contribution in [0.2, 0.25) is 0 Å². The number of nitrogens with zero attached hydrogens (tertiary/aromatic N) is 2. The molecule has 1 aliphatic rings. The largest absolute Gasteiger partial charge is 0.480 e. The van der Waals surface area contributed by atoms with Gasteiger partial charge in [-0.2, -0.15) is 0 Å². The van der Waals surface area contributed by atoms with Gasteiger partial charge in [-0.3, -0.25) is 4.79 Å². The smallest absolute Gasteiger partial charge is 0.326 e. The first kappa shape index (κ1) is 14.7. The zero-order valence-corrected chi connectivity index (χ0v) is 12.8. The maximum atomic E-state index is 12.4. The lowest BCUT2D eigenvalue weighted by Gasteiger charge is -2.20. The third-order valence-electron chi connectivity index (χ3n) is 3.77. The third kappa shape index (κ3) is 3.01. The quantitative estimate of drug-likeness (QED) is 0.940. The molecule has 114 valence electrons. The molecule has 1 aromatic heterocycles. The van der Waals surface area contributed by atoms with Crippen molar-refractivity contribution in [3.8, 4) is 0 Å². The number of likely N-dealkylation sites (tertiary alicyclic amines) is 1. The summed E-state index contributed by atoms with van der Waals surface area (Å²) in [4.78, 5) is 29.4. The Bertz CT molecular complexity index is 684. The molecule has 0 bridgehead atoms. The maximum absolute atomic E-state index is 12.4. The summed E-state index contributed by atoms with van der Waals surface area (Å²) in [6, 6.07) is 9.22. The van der Waals surface area contributed by atoms with Crippen LogP contribution in [0.15, 0.2) is 35.7 Å². The molecular formula is C16H16N2O3S. The number of hydrogen-bond acceptors (Lipinski definition) is 4. The first-order valence-corrected chi connectivity index (χ1v) is 8.05. The van der Waals surface area contributed by atoms with Gasteiger partial charge in [0.1, 0.15) is 11.7 Å². The molecule has 0 saturated carbocycles. The molecule has 6 heteroatoms. The van der Waals surface area contributed by atoms with Gasteiger partial charge in [-0.25, -0.2) is 9.78 Å². The van der Waals surface area contributed by atoms with Gasteiger partial charge in [0.05, 0.1) is 5.01 Å². The van der Waals surface area contributed by atoms with Gasteiger partial charge < -0.3 is 10.0 Å². The van der Waals surface area contributed by atoms with Gasteiger partial charge in [-0.1, -0.05) is 30.3 Å². The molecule has 1 N–H and O–H groups in total. The molecule has 5 nitrogen and oxygen atoms in total. The Kier molecular flexibility index (Phi) is 4.20. The molecule has 0 aliphatic carbocycles. The Morgan fingerprint density at radius 1 is 1.32 bits per heavy atom. The van der Waals surface area contributed by atoms with E-state index in [1.165, 1.54) is 16.2 Å². The summed E-state index contributed by atoms with van der Waals surface area (Å²) in [7, 11) is 0. The average molecular weight is 316 g/mol. The highest BCUT2D eigenvalue weighted by Crippen LogP contribution is 2.22. The predicted octanol–water partition coefficient (Wildman–Crippen LogP) is 2.42. The van der Waals surface area contributed by atoms with Crippen LogP contribution in [0.25, 0.3) is 0 Å². The molecule has 0 radical (unpaired) electrons. The fourth-order valence-corrected chi connectivity index (χ4v) is 3.48. The van der Waals surface area contributed by atoms with Crippen LogP contribution < -0.4 is 0 Å². The minimum Gasteiger partial charge on any atom is -0.480 e. The Morgan fingerprint density at radius 3 is 2.82 bits per heavy atom. The SMILES string of the molecule is O=C(O)[C@H]1CCCN1C(=O)c1csc(Cc2ccccc2)n1. The number of carboxylic acid groups (broad SMARTS) is 1. The minimum absolute atomic E-state index is 0.277. The second-order valence-electron chi connectivity index (χ2n) is 5.28. The molecule has 1 aliphatic heterocycles. The number of benzene rings is 1. The van der Waals surface area contributed by atoms with Gasteiger partial charge >= 0.3 is 5.97 Å². The van der Waals surface area contributed by atoms with Crippen LogP contribution in [-0.2, 0) is 11.2 Å². The van der Waals surface area contributed by atoms with Crippen LogP contribution in [0.1, 0.15) is 33.9 Å². The van der Waals surface area contributed by atoms with Crippen molar-refractivity contribution in [2.75, 3.05) is 6.54 Å². The van der Waals surface area contributed by atoms with Crippen molar-refractivity contribution in [2.45, 2.75) is 25.3 Å². The van der Waals surface area contributed by atoms with Crippen LogP contribution in [0, 0.1) is 0 Å². The minimum atomic E-state index is -0.939. The first-order valence-electron chi connectivity index (χ1n) is 7.17. The van der Waals surface area contributed by atoms with Gasteiger partial charge in [0.15, 0.2) is 0 Å². The first-order chi connectivity index (χ1) is 10.6. The van der Waals surface area contributed by atoms with Crippen molar-refractivity contribution < 1.29 is 14.7 Å². The summed E-state index contributed by atoms with van der Waals surface area (Å²) in [6.07, 6.45) is 1.92. The summed E-state index contributed by atoms with van der Waals surface area (Å²) >= 11 is 1.44. The van der Waals surface area contributed by atoms with E-state index < -0.39 is 12.0 Å². The van der Waals surface area contributed by atoms with E-state index in [1.807, 2.05) is 30.3 Å². The number of rotatable bonds is 4. The Morgan fingerprint density at radius 2 is 2.09 bits per heavy atom. The van der Waals surface area contributed by atoms with E-state index >= 15 is 0 Å². The Labute approximate surface area is 132 Å². The molecule has 2 heterocycles. The van der Waals surface area contributed by atoms with E-state index in [2.05, 4.69) is 4.98 Å². The highest BCUT2D eigenvalue weighted by molar-refractivity contribution is 7.09. The fraction of sp³-hybridized carbons (Fsp3) is 0.312. The molecule has 1 fully saturated rings. The maximum Gasteiger partial charge on any atom is 0.326 e. The number of aromatic nitrogens is 1. The lowest BCUT2D eigenvalue weighted by molar-refractivity contribution is -0.141. The number of carbonyl (C=O) groups excluding carboxylic acids is 1. The summed E-state index contributed by atoms with van der Waals surface area (Å²) in [5.74, 6) is -1.22. The second kappa shape index (κ2) is 6.27. The van der Waals surface area contributed by atoms with Crippen molar-refractivity contribution >= 4 is 23.2 Å². The van der Waals surface area contributed by atoms with E-state index in [-0.39, 0.29) is 5.91 Å². The zero-order chi connectivity index (χ0) is 15.5. The third-order valence-corrected chi connectivity index (χ3v) is 4.62. The standard InChI is InChI=1S/C16H16N2O3S/c19-15(18-8-4-7-13(18)16(20)21)12-10-22-14(17-12)9-11-5-2-1-3-6-11/h1-3,5-6,10,13H,4,7-9H2,(H,20,21)/t13-/m1/s1. The van der Waals surface area contributed by atoms with E-state index in [9.17, 15) is 9.59 Å². The summed E-state index contributed by atoms with van der Waals surface area (Å²) in [5, 5.41) is 11.7. The highest BCUT2D eigenvalue weighted by atomic mass is 32.1. The van der Waals surface area contributed by atoms with Crippen molar-refractivity contribution in [2.24, 2.45) is 0 Å². The number of carboxylic acids is 1. The van der Waals surface area contributed by atoms with E-state index in [0.29, 0.717) is 25.1 Å². The molecule has 1 atom stereocenters. The summed E-state index contributed by atoms with van der Waals surface area (Å²) in [6.45, 7) is 0.487. The van der Waals surface area contributed by atoms with Gasteiger partial charge in [0.2, 0.25) is 0 Å². The van der Waals surface area contributed by atoms with Crippen LogP contribution >= 0.6 is 11.3 Å². The Hall–Kier alpha value is -2.21. The van der Waals surface area contributed by atoms with Gasteiger partial charge in [-0.05, 0) is 18.4 Å². The summed E-state index contributed by atoms with van der Waals surface area (Å²) < 4.78 is 0. The van der Waals surface area contributed by atoms with Crippen molar-refractivity contribution in [3.05, 3.63) is 52.0 Å². The van der Waals surface area contributed by atoms with Crippen LogP contribution in [0.4, 0.5) is 0 Å². The van der Waals surface area contributed by atoms with Gasteiger partial charge in [0, 0.05) is 18.3 Å². The fourth-order valence-electron chi connectivity index (χ4n) is 2.67. The molecule has 0 unspecified atom stereocenters. The van der Waals surface area contributed by atoms with E-state index in [1.54, 1.807) is 5.38 Å². The monoisotopic (exact) mass is 316 g/mol. The summed E-state index contributed by atoms with van der Waals surface area (Å²) in [5.41, 5.74) is 1.49. The molecule has 1 aromatic carbocycles. The number of thiazole rings is 1. The van der Waals surface area contributed by atoms with Gasteiger partial charge in [-0.15, -0.1) is 11.3 Å². The zero-order valence-electron chi connectivity index (χ0n) is 11.9. The predicted molar refractivity (Wildman–Crippen MR) is 83.1 cm³/mol. The Balaban J connectivity index is 1.73. The number of hydrogen-bond donors (Lipinski definition) is 1. The number of aliphatic carboxylic acids is 1.